The summed E-state index contributed by atoms with van der Waals surface area (Å²) in [5, 5.41) is 9.17. The normalized spacial score (nSPS) is 11.6. The summed E-state index contributed by atoms with van der Waals surface area (Å²) in [5.41, 5.74) is 0.773. The van der Waals surface area contributed by atoms with Gasteiger partial charge >= 0.3 is 0 Å². The Labute approximate surface area is 103 Å². The number of carbonyl (C=O) groups is 1. The highest BCUT2D eigenvalue weighted by Crippen LogP contribution is 2.17. The lowest BCUT2D eigenvalue weighted by molar-refractivity contribution is -0.131. The molecule has 1 unspecified atom stereocenters. The van der Waals surface area contributed by atoms with Gasteiger partial charge in [0.2, 0.25) is 5.91 Å². The molecule has 1 rings (SSSR count). The zero-order chi connectivity index (χ0) is 12.7. The maximum atomic E-state index is 12.2. The predicted octanol–water partition coefficient (Wildman–Crippen LogP) is 2.55. The molecule has 0 saturated heterocycles. The van der Waals surface area contributed by atoms with E-state index in [9.17, 15) is 4.79 Å². The maximum Gasteiger partial charge on any atom is 0.244 e. The van der Waals surface area contributed by atoms with Gasteiger partial charge in [-0.05, 0) is 18.9 Å². The number of rotatable bonds is 5. The van der Waals surface area contributed by atoms with Gasteiger partial charge < -0.3 is 4.90 Å². The number of likely N-dealkylation sites (N-methyl/N-ethyl adjacent to an activating group) is 1. The van der Waals surface area contributed by atoms with Crippen LogP contribution in [0.1, 0.15) is 31.7 Å². The van der Waals surface area contributed by atoms with E-state index in [0.29, 0.717) is 13.1 Å². The van der Waals surface area contributed by atoms with Gasteiger partial charge in [-0.2, -0.15) is 5.26 Å². The van der Waals surface area contributed by atoms with Crippen LogP contribution in [0, 0.1) is 11.3 Å². The van der Waals surface area contributed by atoms with Gasteiger partial charge in [0, 0.05) is 13.1 Å². The second kappa shape index (κ2) is 6.70. The van der Waals surface area contributed by atoms with Crippen LogP contribution in [0.15, 0.2) is 30.3 Å². The van der Waals surface area contributed by atoms with E-state index in [2.05, 4.69) is 6.07 Å². The van der Waals surface area contributed by atoms with Crippen LogP contribution in [0.5, 0.6) is 0 Å². The first-order chi connectivity index (χ1) is 8.24. The molecule has 0 fully saturated rings. The molecular formula is C14H18N2O. The summed E-state index contributed by atoms with van der Waals surface area (Å²) in [7, 11) is 0. The molecule has 0 aliphatic carbocycles. The highest BCUT2D eigenvalue weighted by molar-refractivity contribution is 5.86. The van der Waals surface area contributed by atoms with Gasteiger partial charge in [-0.25, -0.2) is 0 Å². The molecule has 1 amide bonds. The first kappa shape index (κ1) is 13.2. The van der Waals surface area contributed by atoms with E-state index in [1.54, 1.807) is 4.90 Å². The first-order valence-electron chi connectivity index (χ1n) is 5.97. The zero-order valence-corrected chi connectivity index (χ0v) is 10.4. The second-order valence-electron chi connectivity index (χ2n) is 3.89. The number of amides is 1. The largest absolute Gasteiger partial charge is 0.342 e. The molecule has 0 spiro atoms. The van der Waals surface area contributed by atoms with Crippen LogP contribution in [0.4, 0.5) is 0 Å². The summed E-state index contributed by atoms with van der Waals surface area (Å²) in [5.74, 6) is -0.772. The third-order valence-electron chi connectivity index (χ3n) is 2.70. The van der Waals surface area contributed by atoms with E-state index < -0.39 is 5.92 Å². The van der Waals surface area contributed by atoms with Crippen LogP contribution in [-0.4, -0.2) is 23.9 Å². The quantitative estimate of drug-likeness (QED) is 0.780. The van der Waals surface area contributed by atoms with Crippen molar-refractivity contribution in [3.05, 3.63) is 35.9 Å². The van der Waals surface area contributed by atoms with Crippen molar-refractivity contribution < 1.29 is 4.79 Å². The Morgan fingerprint density at radius 3 is 2.47 bits per heavy atom. The average Bonchev–Trinajstić information content (AvgIpc) is 2.38. The van der Waals surface area contributed by atoms with E-state index in [-0.39, 0.29) is 5.91 Å². The molecule has 0 bridgehead atoms. The van der Waals surface area contributed by atoms with Crippen molar-refractivity contribution >= 4 is 5.91 Å². The molecule has 1 aromatic carbocycles. The van der Waals surface area contributed by atoms with Crippen molar-refractivity contribution in [3.63, 3.8) is 0 Å². The number of nitriles is 1. The van der Waals surface area contributed by atoms with Crippen molar-refractivity contribution in [3.8, 4) is 6.07 Å². The minimum Gasteiger partial charge on any atom is -0.342 e. The summed E-state index contributed by atoms with van der Waals surface area (Å²) < 4.78 is 0. The molecule has 3 nitrogen and oxygen atoms in total. The van der Waals surface area contributed by atoms with Crippen LogP contribution in [0.25, 0.3) is 0 Å². The van der Waals surface area contributed by atoms with Crippen molar-refractivity contribution in [2.24, 2.45) is 0 Å². The van der Waals surface area contributed by atoms with Crippen LogP contribution in [0.2, 0.25) is 0 Å². The van der Waals surface area contributed by atoms with Crippen molar-refractivity contribution in [1.29, 1.82) is 5.26 Å². The van der Waals surface area contributed by atoms with Gasteiger partial charge in [0.25, 0.3) is 0 Å². The Kier molecular flexibility index (Phi) is 5.22. The average molecular weight is 230 g/mol. The number of carbonyl (C=O) groups excluding carboxylic acids is 1. The second-order valence-corrected chi connectivity index (χ2v) is 3.89. The fraction of sp³-hybridized carbons (Fsp3) is 0.429. The highest BCUT2D eigenvalue weighted by atomic mass is 16.2. The number of benzene rings is 1. The number of hydrogen-bond acceptors (Lipinski definition) is 2. The molecule has 0 heterocycles. The van der Waals surface area contributed by atoms with Gasteiger partial charge in [0.1, 0.15) is 5.92 Å². The predicted molar refractivity (Wildman–Crippen MR) is 67.3 cm³/mol. The fourth-order valence-electron chi connectivity index (χ4n) is 1.79. The third-order valence-corrected chi connectivity index (χ3v) is 2.70. The summed E-state index contributed by atoms with van der Waals surface area (Å²) in [6.07, 6.45) is 0.909. The van der Waals surface area contributed by atoms with Gasteiger partial charge in [0.05, 0.1) is 6.07 Å². The highest BCUT2D eigenvalue weighted by Gasteiger charge is 2.24. The van der Waals surface area contributed by atoms with Gasteiger partial charge in [0.15, 0.2) is 0 Å². The fourth-order valence-corrected chi connectivity index (χ4v) is 1.79. The van der Waals surface area contributed by atoms with E-state index in [0.717, 1.165) is 12.0 Å². The molecule has 90 valence electrons. The minimum atomic E-state index is -0.678. The van der Waals surface area contributed by atoms with Gasteiger partial charge in [-0.3, -0.25) is 4.79 Å². The van der Waals surface area contributed by atoms with Crippen LogP contribution >= 0.6 is 0 Å². The molecule has 3 heteroatoms. The zero-order valence-electron chi connectivity index (χ0n) is 10.4. The lowest BCUT2D eigenvalue weighted by atomic mass is 9.99. The Morgan fingerprint density at radius 2 is 2.00 bits per heavy atom. The molecule has 0 aliphatic heterocycles. The molecule has 17 heavy (non-hydrogen) atoms. The van der Waals surface area contributed by atoms with Crippen LogP contribution < -0.4 is 0 Å². The summed E-state index contributed by atoms with van der Waals surface area (Å²) in [4.78, 5) is 13.9. The molecule has 1 aromatic rings. The Bertz CT molecular complexity index is 394. The lowest BCUT2D eigenvalue weighted by Crippen LogP contribution is -2.35. The third kappa shape index (κ3) is 3.32. The topological polar surface area (TPSA) is 44.1 Å². The van der Waals surface area contributed by atoms with E-state index >= 15 is 0 Å². The molecule has 0 saturated carbocycles. The smallest absolute Gasteiger partial charge is 0.244 e. The van der Waals surface area contributed by atoms with Gasteiger partial charge in [-0.1, -0.05) is 37.3 Å². The van der Waals surface area contributed by atoms with Crippen molar-refractivity contribution in [1.82, 2.24) is 4.90 Å². The first-order valence-corrected chi connectivity index (χ1v) is 5.97. The summed E-state index contributed by atoms with van der Waals surface area (Å²) >= 11 is 0. The van der Waals surface area contributed by atoms with E-state index in [1.165, 1.54) is 0 Å². The molecular weight excluding hydrogens is 212 g/mol. The minimum absolute atomic E-state index is 0.0944. The summed E-state index contributed by atoms with van der Waals surface area (Å²) in [6.45, 7) is 5.32. The van der Waals surface area contributed by atoms with Crippen LogP contribution in [-0.2, 0) is 4.79 Å². The van der Waals surface area contributed by atoms with Crippen molar-refractivity contribution in [2.75, 3.05) is 13.1 Å². The maximum absolute atomic E-state index is 12.2. The van der Waals surface area contributed by atoms with Gasteiger partial charge in [-0.15, -0.1) is 0 Å². The molecule has 0 aromatic heterocycles. The SMILES string of the molecule is CCCN(CC)C(=O)C(C#N)c1ccccc1. The molecule has 0 radical (unpaired) electrons. The lowest BCUT2D eigenvalue weighted by Gasteiger charge is -2.22. The Balaban J connectivity index is 2.88. The van der Waals surface area contributed by atoms with Crippen LogP contribution in [0.3, 0.4) is 0 Å². The molecule has 0 N–H and O–H groups in total. The molecule has 0 aliphatic rings. The Morgan fingerprint density at radius 1 is 1.35 bits per heavy atom. The Hall–Kier alpha value is -1.82. The van der Waals surface area contributed by atoms with E-state index in [4.69, 9.17) is 5.26 Å². The standard InChI is InChI=1S/C14H18N2O/c1-3-10-16(4-2)14(17)13(11-15)12-8-6-5-7-9-12/h5-9,13H,3-4,10H2,1-2H3. The molecule has 1 atom stereocenters. The summed E-state index contributed by atoms with van der Waals surface area (Å²) in [6, 6.07) is 11.3. The van der Waals surface area contributed by atoms with E-state index in [1.807, 2.05) is 44.2 Å². The number of nitrogens with zero attached hydrogens (tertiary/aromatic N) is 2. The number of hydrogen-bond donors (Lipinski definition) is 0. The monoisotopic (exact) mass is 230 g/mol. The van der Waals surface area contributed by atoms with Crippen molar-refractivity contribution in [2.45, 2.75) is 26.2 Å².